The topological polar surface area (TPSA) is 36.4 Å². The first-order valence-electron chi connectivity index (χ1n) is 8.62. The van der Waals surface area contributed by atoms with E-state index in [2.05, 4.69) is 28.1 Å². The van der Waals surface area contributed by atoms with Crippen LogP contribution in [-0.2, 0) is 12.8 Å². The van der Waals surface area contributed by atoms with Gasteiger partial charge in [-0.15, -0.1) is 12.4 Å². The molecule has 1 fully saturated rings. The van der Waals surface area contributed by atoms with Crippen LogP contribution in [0.25, 0.3) is 0 Å². The fourth-order valence-electron chi connectivity index (χ4n) is 3.38. The Bertz CT molecular complexity index is 583. The Morgan fingerprint density at radius 2 is 1.71 bits per heavy atom. The number of hydrogen-bond donors (Lipinski definition) is 1. The molecule has 0 aliphatic carbocycles. The van der Waals surface area contributed by atoms with Crippen molar-refractivity contribution in [3.63, 3.8) is 0 Å². The number of halogens is 1. The molecule has 130 valence electrons. The standard InChI is InChI=1S/C20H26N2O.ClH/c23-20(17-18-7-2-1-3-8-18)11-15-22(16-12-20)14-6-10-19-9-4-5-13-21-19;/h1-5,7-9,13,23H,6,10-12,14-17H2;1H. The van der Waals surface area contributed by atoms with Gasteiger partial charge in [0, 0.05) is 31.4 Å². The van der Waals surface area contributed by atoms with Crippen molar-refractivity contribution < 1.29 is 5.11 Å². The van der Waals surface area contributed by atoms with Gasteiger partial charge in [-0.2, -0.15) is 0 Å². The van der Waals surface area contributed by atoms with Crippen LogP contribution in [-0.4, -0.2) is 40.2 Å². The third kappa shape index (κ3) is 5.59. The smallest absolute Gasteiger partial charge is 0.0712 e. The number of aromatic nitrogens is 1. The lowest BCUT2D eigenvalue weighted by molar-refractivity contribution is -0.0207. The third-order valence-electron chi connectivity index (χ3n) is 4.80. The summed E-state index contributed by atoms with van der Waals surface area (Å²) in [5, 5.41) is 10.8. The summed E-state index contributed by atoms with van der Waals surface area (Å²) in [6, 6.07) is 16.4. The second-order valence-electron chi connectivity index (χ2n) is 6.65. The van der Waals surface area contributed by atoms with E-state index < -0.39 is 5.60 Å². The van der Waals surface area contributed by atoms with Gasteiger partial charge < -0.3 is 10.0 Å². The van der Waals surface area contributed by atoms with Gasteiger partial charge >= 0.3 is 0 Å². The monoisotopic (exact) mass is 346 g/mol. The van der Waals surface area contributed by atoms with Crippen molar-refractivity contribution in [2.24, 2.45) is 0 Å². The van der Waals surface area contributed by atoms with E-state index in [4.69, 9.17) is 0 Å². The Hall–Kier alpha value is -1.42. The number of likely N-dealkylation sites (tertiary alicyclic amines) is 1. The van der Waals surface area contributed by atoms with Gasteiger partial charge in [0.05, 0.1) is 5.60 Å². The van der Waals surface area contributed by atoms with Crippen molar-refractivity contribution >= 4 is 12.4 Å². The molecule has 1 aromatic heterocycles. The molecule has 2 aromatic rings. The summed E-state index contributed by atoms with van der Waals surface area (Å²) < 4.78 is 0. The Balaban J connectivity index is 0.00000208. The average molecular weight is 347 g/mol. The van der Waals surface area contributed by atoms with Gasteiger partial charge in [-0.1, -0.05) is 36.4 Å². The quantitative estimate of drug-likeness (QED) is 0.869. The molecule has 24 heavy (non-hydrogen) atoms. The van der Waals surface area contributed by atoms with Crippen molar-refractivity contribution in [3.8, 4) is 0 Å². The molecule has 0 unspecified atom stereocenters. The average Bonchev–Trinajstić information content (AvgIpc) is 2.59. The lowest BCUT2D eigenvalue weighted by atomic mass is 9.85. The molecular formula is C20H27ClN2O. The summed E-state index contributed by atoms with van der Waals surface area (Å²) in [4.78, 5) is 6.85. The molecule has 1 N–H and O–H groups in total. The molecule has 4 heteroatoms. The zero-order chi connectivity index (χ0) is 16.0. The summed E-state index contributed by atoms with van der Waals surface area (Å²) in [5.74, 6) is 0. The van der Waals surface area contributed by atoms with Crippen molar-refractivity contribution in [2.45, 2.75) is 37.7 Å². The Morgan fingerprint density at radius 3 is 2.38 bits per heavy atom. The number of rotatable bonds is 6. The normalized spacial score (nSPS) is 17.2. The fraction of sp³-hybridized carbons (Fsp3) is 0.450. The van der Waals surface area contributed by atoms with Crippen LogP contribution in [0.4, 0.5) is 0 Å². The number of benzene rings is 1. The highest BCUT2D eigenvalue weighted by molar-refractivity contribution is 5.85. The van der Waals surface area contributed by atoms with E-state index in [1.165, 1.54) is 11.3 Å². The van der Waals surface area contributed by atoms with Crippen LogP contribution in [0.3, 0.4) is 0 Å². The molecule has 3 nitrogen and oxygen atoms in total. The molecule has 0 amide bonds. The zero-order valence-corrected chi connectivity index (χ0v) is 14.9. The largest absolute Gasteiger partial charge is 0.389 e. The van der Waals surface area contributed by atoms with E-state index in [1.54, 1.807) is 0 Å². The lowest BCUT2D eigenvalue weighted by Gasteiger charge is -2.38. The van der Waals surface area contributed by atoms with Gasteiger partial charge in [-0.3, -0.25) is 4.98 Å². The molecule has 1 aliphatic rings. The van der Waals surface area contributed by atoms with Crippen LogP contribution in [0.2, 0.25) is 0 Å². The summed E-state index contributed by atoms with van der Waals surface area (Å²) in [5.41, 5.74) is 1.88. The van der Waals surface area contributed by atoms with Gasteiger partial charge in [0.15, 0.2) is 0 Å². The van der Waals surface area contributed by atoms with Crippen LogP contribution in [0.1, 0.15) is 30.5 Å². The molecule has 0 atom stereocenters. The molecule has 0 bridgehead atoms. The van der Waals surface area contributed by atoms with Crippen LogP contribution in [0, 0.1) is 0 Å². The molecule has 2 heterocycles. The fourth-order valence-corrected chi connectivity index (χ4v) is 3.38. The summed E-state index contributed by atoms with van der Waals surface area (Å²) in [7, 11) is 0. The molecule has 3 rings (SSSR count). The molecule has 1 aromatic carbocycles. The minimum atomic E-state index is -0.529. The summed E-state index contributed by atoms with van der Waals surface area (Å²) in [6.45, 7) is 3.08. The Kier molecular flexibility index (Phi) is 7.22. The van der Waals surface area contributed by atoms with Gasteiger partial charge in [0.1, 0.15) is 0 Å². The van der Waals surface area contributed by atoms with Gasteiger partial charge in [0.25, 0.3) is 0 Å². The van der Waals surface area contributed by atoms with Crippen LogP contribution in [0.15, 0.2) is 54.7 Å². The molecule has 0 radical (unpaired) electrons. The summed E-state index contributed by atoms with van der Waals surface area (Å²) in [6.07, 6.45) is 6.53. The number of aryl methyl sites for hydroxylation is 1. The van der Waals surface area contributed by atoms with Crippen molar-refractivity contribution in [1.29, 1.82) is 0 Å². The predicted octanol–water partition coefficient (Wildman–Crippen LogP) is 3.51. The van der Waals surface area contributed by atoms with E-state index in [-0.39, 0.29) is 12.4 Å². The number of nitrogens with zero attached hydrogens (tertiary/aromatic N) is 2. The van der Waals surface area contributed by atoms with Gasteiger partial charge in [0.2, 0.25) is 0 Å². The Labute approximate surface area is 151 Å². The zero-order valence-electron chi connectivity index (χ0n) is 14.1. The lowest BCUT2D eigenvalue weighted by Crippen LogP contribution is -2.45. The number of aliphatic hydroxyl groups is 1. The first-order chi connectivity index (χ1) is 11.2. The Morgan fingerprint density at radius 1 is 1.00 bits per heavy atom. The maximum absolute atomic E-state index is 10.8. The van der Waals surface area contributed by atoms with Crippen LogP contribution >= 0.6 is 12.4 Å². The highest BCUT2D eigenvalue weighted by atomic mass is 35.5. The highest BCUT2D eigenvalue weighted by Gasteiger charge is 2.32. The van der Waals surface area contributed by atoms with Gasteiger partial charge in [-0.05, 0) is 49.9 Å². The second kappa shape index (κ2) is 9.16. The first-order valence-corrected chi connectivity index (χ1v) is 8.62. The van der Waals surface area contributed by atoms with E-state index in [0.29, 0.717) is 0 Å². The highest BCUT2D eigenvalue weighted by Crippen LogP contribution is 2.26. The van der Waals surface area contributed by atoms with E-state index in [0.717, 1.165) is 51.7 Å². The van der Waals surface area contributed by atoms with E-state index >= 15 is 0 Å². The molecular weight excluding hydrogens is 320 g/mol. The van der Waals surface area contributed by atoms with Gasteiger partial charge in [-0.25, -0.2) is 0 Å². The number of piperidine rings is 1. The molecule has 0 saturated carbocycles. The molecule has 0 spiro atoms. The second-order valence-corrected chi connectivity index (χ2v) is 6.65. The first kappa shape index (κ1) is 18.9. The minimum Gasteiger partial charge on any atom is -0.389 e. The minimum absolute atomic E-state index is 0. The third-order valence-corrected chi connectivity index (χ3v) is 4.80. The van der Waals surface area contributed by atoms with E-state index in [9.17, 15) is 5.11 Å². The summed E-state index contributed by atoms with van der Waals surface area (Å²) >= 11 is 0. The van der Waals surface area contributed by atoms with Crippen molar-refractivity contribution in [2.75, 3.05) is 19.6 Å². The maximum Gasteiger partial charge on any atom is 0.0712 e. The van der Waals surface area contributed by atoms with Crippen LogP contribution < -0.4 is 0 Å². The van der Waals surface area contributed by atoms with Crippen LogP contribution in [0.5, 0.6) is 0 Å². The molecule has 1 saturated heterocycles. The predicted molar refractivity (Wildman–Crippen MR) is 101 cm³/mol. The maximum atomic E-state index is 10.8. The van der Waals surface area contributed by atoms with Crippen molar-refractivity contribution in [3.05, 3.63) is 66.0 Å². The number of hydrogen-bond acceptors (Lipinski definition) is 3. The van der Waals surface area contributed by atoms with Crippen molar-refractivity contribution in [1.82, 2.24) is 9.88 Å². The molecule has 1 aliphatic heterocycles. The number of pyridine rings is 1. The van der Waals surface area contributed by atoms with E-state index in [1.807, 2.05) is 36.5 Å². The SMILES string of the molecule is Cl.OC1(Cc2ccccc2)CCN(CCCc2ccccn2)CC1.